The third kappa shape index (κ3) is 5.58. The molecule has 0 spiro atoms. The van der Waals surface area contributed by atoms with Crippen molar-refractivity contribution in [1.29, 1.82) is 0 Å². The Hall–Kier alpha value is -1.72. The van der Waals surface area contributed by atoms with Gasteiger partial charge in [-0.05, 0) is 31.9 Å². The second-order valence-corrected chi connectivity index (χ2v) is 5.73. The summed E-state index contributed by atoms with van der Waals surface area (Å²) in [4.78, 5) is 16.2. The second kappa shape index (κ2) is 8.66. The van der Waals surface area contributed by atoms with Crippen LogP contribution in [-0.2, 0) is 20.7 Å². The summed E-state index contributed by atoms with van der Waals surface area (Å²) in [5.41, 5.74) is 2.13. The second-order valence-electron chi connectivity index (χ2n) is 5.73. The number of nitrogens with zero attached hydrogens (tertiary/aromatic N) is 1. The van der Waals surface area contributed by atoms with Gasteiger partial charge in [-0.2, -0.15) is 0 Å². The molecule has 0 aromatic carbocycles. The Morgan fingerprint density at radius 1 is 1.55 bits per heavy atom. The van der Waals surface area contributed by atoms with Gasteiger partial charge >= 0.3 is 0 Å². The lowest BCUT2D eigenvalue weighted by atomic mass is 10.1. The van der Waals surface area contributed by atoms with Gasteiger partial charge in [-0.1, -0.05) is 17.7 Å². The molecule has 1 amide bonds. The minimum absolute atomic E-state index is 0.00204. The Bertz CT molecular complexity index is 498. The molecule has 1 aromatic rings. The van der Waals surface area contributed by atoms with Crippen molar-refractivity contribution in [2.75, 3.05) is 19.8 Å². The van der Waals surface area contributed by atoms with Crippen molar-refractivity contribution in [3.63, 3.8) is 0 Å². The summed E-state index contributed by atoms with van der Waals surface area (Å²) in [5, 5.41) is 3.02. The standard InChI is InChI=1S/C17H24N2O3/c1-13(2)5-9-22-16-6-8-21-12-15(16)19-17(20)10-14-4-3-7-18-11-14/h3-5,7,11,15-16H,6,8-10,12H2,1-2H3,(H,19,20)/t15-,16+/m0/s1. The first kappa shape index (κ1) is 16.6. The fourth-order valence-electron chi connectivity index (χ4n) is 2.34. The van der Waals surface area contributed by atoms with Crippen molar-refractivity contribution in [1.82, 2.24) is 10.3 Å². The van der Waals surface area contributed by atoms with Crippen molar-refractivity contribution in [3.05, 3.63) is 41.7 Å². The minimum Gasteiger partial charge on any atom is -0.379 e. The molecule has 0 radical (unpaired) electrons. The van der Waals surface area contributed by atoms with Crippen LogP contribution < -0.4 is 5.32 Å². The van der Waals surface area contributed by atoms with Gasteiger partial charge in [0.25, 0.3) is 0 Å². The zero-order valence-electron chi connectivity index (χ0n) is 13.2. The summed E-state index contributed by atoms with van der Waals surface area (Å²) in [7, 11) is 0. The highest BCUT2D eigenvalue weighted by Crippen LogP contribution is 2.13. The summed E-state index contributed by atoms with van der Waals surface area (Å²) in [5.74, 6) is -0.0284. The molecule has 1 N–H and O–H groups in total. The Balaban J connectivity index is 1.85. The van der Waals surface area contributed by atoms with Crippen LogP contribution in [-0.4, -0.2) is 42.9 Å². The molecule has 120 valence electrons. The van der Waals surface area contributed by atoms with E-state index in [2.05, 4.69) is 10.3 Å². The molecule has 2 atom stereocenters. The van der Waals surface area contributed by atoms with E-state index in [0.717, 1.165) is 12.0 Å². The topological polar surface area (TPSA) is 60.5 Å². The van der Waals surface area contributed by atoms with Gasteiger partial charge in [0.1, 0.15) is 0 Å². The highest BCUT2D eigenvalue weighted by molar-refractivity contribution is 5.78. The maximum absolute atomic E-state index is 12.1. The number of amides is 1. The van der Waals surface area contributed by atoms with Gasteiger partial charge in [0, 0.05) is 19.0 Å². The number of hydrogen-bond acceptors (Lipinski definition) is 4. The van der Waals surface area contributed by atoms with E-state index in [-0.39, 0.29) is 18.1 Å². The van der Waals surface area contributed by atoms with Crippen LogP contribution in [0.3, 0.4) is 0 Å². The first-order valence-corrected chi connectivity index (χ1v) is 7.66. The first-order valence-electron chi connectivity index (χ1n) is 7.66. The van der Waals surface area contributed by atoms with E-state index in [1.165, 1.54) is 5.57 Å². The van der Waals surface area contributed by atoms with E-state index in [4.69, 9.17) is 9.47 Å². The van der Waals surface area contributed by atoms with E-state index >= 15 is 0 Å². The van der Waals surface area contributed by atoms with Crippen LogP contribution in [0.25, 0.3) is 0 Å². The maximum atomic E-state index is 12.1. The van der Waals surface area contributed by atoms with Gasteiger partial charge in [-0.3, -0.25) is 9.78 Å². The van der Waals surface area contributed by atoms with Gasteiger partial charge in [-0.25, -0.2) is 0 Å². The van der Waals surface area contributed by atoms with E-state index < -0.39 is 0 Å². The molecule has 1 saturated heterocycles. The normalized spacial score (nSPS) is 21.2. The molecule has 5 nitrogen and oxygen atoms in total. The Labute approximate surface area is 131 Å². The minimum atomic E-state index is -0.0940. The number of pyridine rings is 1. The summed E-state index contributed by atoms with van der Waals surface area (Å²) in [6.07, 6.45) is 6.58. The molecule has 1 fully saturated rings. The van der Waals surface area contributed by atoms with Gasteiger partial charge < -0.3 is 14.8 Å². The van der Waals surface area contributed by atoms with Gasteiger partial charge in [-0.15, -0.1) is 0 Å². The number of allylic oxidation sites excluding steroid dienone is 1. The first-order chi connectivity index (χ1) is 10.6. The molecular weight excluding hydrogens is 280 g/mol. The van der Waals surface area contributed by atoms with Crippen LogP contribution in [0.2, 0.25) is 0 Å². The zero-order valence-corrected chi connectivity index (χ0v) is 13.2. The maximum Gasteiger partial charge on any atom is 0.224 e. The van der Waals surface area contributed by atoms with Crippen molar-refractivity contribution >= 4 is 5.91 Å². The highest BCUT2D eigenvalue weighted by atomic mass is 16.5. The summed E-state index contributed by atoms with van der Waals surface area (Å²) < 4.78 is 11.3. The lowest BCUT2D eigenvalue weighted by Crippen LogP contribution is -2.51. The van der Waals surface area contributed by atoms with E-state index in [1.807, 2.05) is 32.1 Å². The van der Waals surface area contributed by atoms with Gasteiger partial charge in [0.2, 0.25) is 5.91 Å². The molecule has 5 heteroatoms. The quantitative estimate of drug-likeness (QED) is 0.815. The van der Waals surface area contributed by atoms with Gasteiger partial charge in [0.05, 0.1) is 31.8 Å². The van der Waals surface area contributed by atoms with Crippen LogP contribution >= 0.6 is 0 Å². The van der Waals surface area contributed by atoms with Crippen LogP contribution in [0.1, 0.15) is 25.8 Å². The molecular formula is C17H24N2O3. The molecule has 0 saturated carbocycles. The Morgan fingerprint density at radius 2 is 2.41 bits per heavy atom. The Morgan fingerprint density at radius 3 is 3.14 bits per heavy atom. The number of rotatable bonds is 6. The molecule has 1 aromatic heterocycles. The molecule has 22 heavy (non-hydrogen) atoms. The molecule has 1 aliphatic rings. The highest BCUT2D eigenvalue weighted by Gasteiger charge is 2.27. The third-order valence-electron chi connectivity index (χ3n) is 3.53. The number of carbonyl (C=O) groups is 1. The van der Waals surface area contributed by atoms with E-state index in [9.17, 15) is 4.79 Å². The monoisotopic (exact) mass is 304 g/mol. The summed E-state index contributed by atoms with van der Waals surface area (Å²) >= 11 is 0. The molecule has 1 aliphatic heterocycles. The van der Waals surface area contributed by atoms with Crippen molar-refractivity contribution in [2.45, 2.75) is 38.8 Å². The fraction of sp³-hybridized carbons (Fsp3) is 0.529. The average molecular weight is 304 g/mol. The summed E-state index contributed by atoms with van der Waals surface area (Å²) in [6.45, 7) is 5.83. The van der Waals surface area contributed by atoms with Crippen LogP contribution in [0.4, 0.5) is 0 Å². The molecule has 0 aliphatic carbocycles. The van der Waals surface area contributed by atoms with Crippen LogP contribution in [0.15, 0.2) is 36.2 Å². The van der Waals surface area contributed by atoms with Crippen LogP contribution in [0.5, 0.6) is 0 Å². The number of carbonyl (C=O) groups excluding carboxylic acids is 1. The third-order valence-corrected chi connectivity index (χ3v) is 3.53. The molecule has 2 heterocycles. The Kier molecular flexibility index (Phi) is 6.55. The van der Waals surface area contributed by atoms with Gasteiger partial charge in [0.15, 0.2) is 0 Å². The number of hydrogen-bond donors (Lipinski definition) is 1. The van der Waals surface area contributed by atoms with E-state index in [1.54, 1.807) is 12.4 Å². The predicted molar refractivity (Wildman–Crippen MR) is 84.5 cm³/mol. The van der Waals surface area contributed by atoms with E-state index in [0.29, 0.717) is 26.2 Å². The zero-order chi connectivity index (χ0) is 15.8. The number of ether oxygens (including phenoxy) is 2. The lowest BCUT2D eigenvalue weighted by Gasteiger charge is -2.31. The SMILES string of the molecule is CC(C)=CCO[C@@H]1CCOC[C@@H]1NC(=O)Cc1cccnc1. The smallest absolute Gasteiger partial charge is 0.224 e. The molecule has 0 bridgehead atoms. The largest absolute Gasteiger partial charge is 0.379 e. The lowest BCUT2D eigenvalue weighted by molar-refractivity contribution is -0.125. The number of aromatic nitrogens is 1. The molecule has 0 unspecified atom stereocenters. The van der Waals surface area contributed by atoms with Crippen LogP contribution in [0, 0.1) is 0 Å². The van der Waals surface area contributed by atoms with Crippen molar-refractivity contribution < 1.29 is 14.3 Å². The average Bonchev–Trinajstić information content (AvgIpc) is 2.49. The number of nitrogens with one attached hydrogen (secondary N) is 1. The fourth-order valence-corrected chi connectivity index (χ4v) is 2.34. The van der Waals surface area contributed by atoms with Crippen molar-refractivity contribution in [3.8, 4) is 0 Å². The summed E-state index contributed by atoms with van der Waals surface area (Å²) in [6, 6.07) is 3.63. The molecule has 2 rings (SSSR count). The van der Waals surface area contributed by atoms with Crippen molar-refractivity contribution in [2.24, 2.45) is 0 Å². The predicted octanol–water partition coefficient (Wildman–Crippen LogP) is 1.88.